The van der Waals surface area contributed by atoms with Crippen LogP contribution in [0.25, 0.3) is 33.8 Å². The number of amides is 2. The second-order valence-corrected chi connectivity index (χ2v) is 13.9. The molecule has 0 bridgehead atoms. The van der Waals surface area contributed by atoms with Crippen molar-refractivity contribution in [2.75, 3.05) is 41.0 Å². The van der Waals surface area contributed by atoms with Crippen molar-refractivity contribution >= 4 is 11.8 Å². The molecule has 0 saturated carbocycles. The summed E-state index contributed by atoms with van der Waals surface area (Å²) in [6, 6.07) is 9.59. The molecule has 3 aliphatic rings. The van der Waals surface area contributed by atoms with E-state index in [1.165, 1.54) is 19.3 Å². The lowest BCUT2D eigenvalue weighted by molar-refractivity contribution is -0.129. The average molecular weight is 711 g/mol. The Labute approximate surface area is 302 Å². The summed E-state index contributed by atoms with van der Waals surface area (Å²) in [6.45, 7) is 9.02. The van der Waals surface area contributed by atoms with Crippen LogP contribution in [-0.2, 0) is 40.1 Å². The first-order chi connectivity index (χ1) is 25.0. The van der Waals surface area contributed by atoms with E-state index in [4.69, 9.17) is 19.6 Å². The summed E-state index contributed by atoms with van der Waals surface area (Å²) >= 11 is 0. The predicted molar refractivity (Wildman–Crippen MR) is 194 cm³/mol. The first-order valence-corrected chi connectivity index (χ1v) is 17.8. The molecule has 10 nitrogen and oxygen atoms in total. The molecule has 0 fully saturated rings. The van der Waals surface area contributed by atoms with E-state index in [1.807, 2.05) is 37.7 Å². The molecule has 1 aliphatic carbocycles. The summed E-state index contributed by atoms with van der Waals surface area (Å²) in [4.78, 5) is 34.6. The minimum absolute atomic E-state index is 0.0149. The molecule has 4 heterocycles. The number of likely N-dealkylation sites (N-methyl/N-ethyl adjacent to an activating group) is 2. The highest BCUT2D eigenvalue weighted by Gasteiger charge is 2.36. The van der Waals surface area contributed by atoms with Gasteiger partial charge in [-0.15, -0.1) is 0 Å². The van der Waals surface area contributed by atoms with Gasteiger partial charge in [0.2, 0.25) is 11.8 Å². The van der Waals surface area contributed by atoms with Crippen molar-refractivity contribution in [3.05, 3.63) is 88.6 Å². The SMILES string of the molecule is C=CC(=O)N1C[C@H](C)n2nc(-c3nc(-c4ccc5c(c4)CN(C)[C@@H](C(=O)NC)C5)c4c(c3-c3c(F)cc(F)cc3OCCOC)CCC4)cc2[C@H]1C. The Morgan fingerprint density at radius 3 is 2.58 bits per heavy atom. The maximum atomic E-state index is 16.3. The Morgan fingerprint density at radius 1 is 1.04 bits per heavy atom. The highest BCUT2D eigenvalue weighted by Crippen LogP contribution is 2.47. The van der Waals surface area contributed by atoms with Crippen molar-refractivity contribution in [3.63, 3.8) is 0 Å². The van der Waals surface area contributed by atoms with Crippen molar-refractivity contribution in [1.82, 2.24) is 29.9 Å². The number of nitrogens with zero attached hydrogens (tertiary/aromatic N) is 5. The van der Waals surface area contributed by atoms with Crippen molar-refractivity contribution in [2.24, 2.45) is 0 Å². The second-order valence-electron chi connectivity index (χ2n) is 13.9. The molecule has 0 saturated heterocycles. The van der Waals surface area contributed by atoms with Gasteiger partial charge < -0.3 is 19.7 Å². The number of rotatable bonds is 9. The van der Waals surface area contributed by atoms with Gasteiger partial charge in [0, 0.05) is 50.5 Å². The van der Waals surface area contributed by atoms with E-state index in [0.29, 0.717) is 42.9 Å². The summed E-state index contributed by atoms with van der Waals surface area (Å²) < 4.78 is 44.1. The normalized spacial score (nSPS) is 19.5. The first-order valence-electron chi connectivity index (χ1n) is 17.8. The minimum Gasteiger partial charge on any atom is -0.490 e. The Morgan fingerprint density at radius 2 is 1.83 bits per heavy atom. The number of fused-ring (bicyclic) bond motifs is 3. The number of ether oxygens (including phenoxy) is 2. The van der Waals surface area contributed by atoms with E-state index in [1.54, 1.807) is 11.9 Å². The number of benzene rings is 2. The lowest BCUT2D eigenvalue weighted by Crippen LogP contribution is -2.47. The van der Waals surface area contributed by atoms with E-state index in [2.05, 4.69) is 28.9 Å². The van der Waals surface area contributed by atoms with Gasteiger partial charge in [0.15, 0.2) is 0 Å². The zero-order chi connectivity index (χ0) is 36.8. The fraction of sp³-hybridized carbons (Fsp3) is 0.400. The van der Waals surface area contributed by atoms with Crippen LogP contribution in [0.2, 0.25) is 0 Å². The molecule has 1 N–H and O–H groups in total. The van der Waals surface area contributed by atoms with Gasteiger partial charge in [0.25, 0.3) is 0 Å². The van der Waals surface area contributed by atoms with Gasteiger partial charge in [-0.05, 0) is 87.0 Å². The molecular weight excluding hydrogens is 666 g/mol. The largest absolute Gasteiger partial charge is 0.490 e. The third-order valence-electron chi connectivity index (χ3n) is 10.7. The molecule has 4 aromatic rings. The Bertz CT molecular complexity index is 2080. The number of aromatic nitrogens is 3. The highest BCUT2D eigenvalue weighted by molar-refractivity contribution is 5.90. The molecule has 52 heavy (non-hydrogen) atoms. The van der Waals surface area contributed by atoms with Gasteiger partial charge in [0.1, 0.15) is 29.7 Å². The highest BCUT2D eigenvalue weighted by atomic mass is 19.1. The van der Waals surface area contributed by atoms with Crippen LogP contribution in [0.4, 0.5) is 8.78 Å². The zero-order valence-electron chi connectivity index (χ0n) is 30.3. The molecule has 2 amide bonds. The van der Waals surface area contributed by atoms with Gasteiger partial charge in [0.05, 0.1) is 47.4 Å². The van der Waals surface area contributed by atoms with Crippen molar-refractivity contribution in [2.45, 2.75) is 64.2 Å². The van der Waals surface area contributed by atoms with Gasteiger partial charge in [-0.3, -0.25) is 19.2 Å². The van der Waals surface area contributed by atoms with Crippen LogP contribution in [0.1, 0.15) is 60.3 Å². The lowest BCUT2D eigenvalue weighted by Gasteiger charge is -2.36. The van der Waals surface area contributed by atoms with E-state index in [9.17, 15) is 14.0 Å². The molecule has 272 valence electrons. The smallest absolute Gasteiger partial charge is 0.246 e. The summed E-state index contributed by atoms with van der Waals surface area (Å²) in [5, 5.41) is 7.85. The number of pyridine rings is 1. The van der Waals surface area contributed by atoms with Crippen LogP contribution in [-0.4, -0.2) is 83.4 Å². The zero-order valence-corrected chi connectivity index (χ0v) is 30.3. The molecule has 3 atom stereocenters. The molecule has 7 rings (SSSR count). The number of halogens is 2. The number of carbonyl (C=O) groups is 2. The first kappa shape index (κ1) is 35.5. The fourth-order valence-electron chi connectivity index (χ4n) is 8.08. The maximum Gasteiger partial charge on any atom is 0.246 e. The van der Waals surface area contributed by atoms with Crippen LogP contribution in [0.3, 0.4) is 0 Å². The van der Waals surface area contributed by atoms with E-state index in [-0.39, 0.29) is 54.5 Å². The Balaban J connectivity index is 1.45. The Kier molecular flexibility index (Phi) is 9.71. The molecule has 2 aromatic carbocycles. The van der Waals surface area contributed by atoms with Crippen LogP contribution in [0.15, 0.2) is 49.1 Å². The average Bonchev–Trinajstić information content (AvgIpc) is 3.81. The molecule has 0 unspecified atom stereocenters. The van der Waals surface area contributed by atoms with Gasteiger partial charge in [-0.2, -0.15) is 5.10 Å². The van der Waals surface area contributed by atoms with E-state index >= 15 is 4.39 Å². The van der Waals surface area contributed by atoms with Crippen LogP contribution >= 0.6 is 0 Å². The van der Waals surface area contributed by atoms with E-state index < -0.39 is 11.6 Å². The monoisotopic (exact) mass is 710 g/mol. The summed E-state index contributed by atoms with van der Waals surface area (Å²) in [7, 11) is 5.15. The maximum absolute atomic E-state index is 16.3. The molecule has 12 heteroatoms. The molecular formula is C40H44F2N6O4. The fourth-order valence-corrected chi connectivity index (χ4v) is 8.08. The topological polar surface area (TPSA) is 102 Å². The standard InChI is InChI=1S/C40H44F2N6O4/c1-7-35(49)47-20-22(2)48-32(23(47)3)19-31(45-48)39-36(37-30(42)17-27(41)18-34(37)52-14-13-51-6)28-9-8-10-29(28)38(44-39)25-12-11-24-16-33(40(50)43-4)46(5)21-26(24)15-25/h7,11-12,15,17-19,22-23,33H,1,8-10,13-14,16,20-21H2,2-6H3,(H,43,50)/t22-,23+,33+/m0/s1. The quantitative estimate of drug-likeness (QED) is 0.173. The predicted octanol–water partition coefficient (Wildman–Crippen LogP) is 5.82. The molecule has 0 spiro atoms. The van der Waals surface area contributed by atoms with Crippen molar-refractivity contribution in [3.8, 4) is 39.5 Å². The number of hydrogen-bond acceptors (Lipinski definition) is 7. The molecule has 2 aromatic heterocycles. The third kappa shape index (κ3) is 6.17. The van der Waals surface area contributed by atoms with Crippen molar-refractivity contribution < 1.29 is 27.8 Å². The second kappa shape index (κ2) is 14.2. The van der Waals surface area contributed by atoms with Gasteiger partial charge >= 0.3 is 0 Å². The summed E-state index contributed by atoms with van der Waals surface area (Å²) in [5.74, 6) is -1.62. The van der Waals surface area contributed by atoms with Crippen LogP contribution in [0, 0.1) is 11.6 Å². The summed E-state index contributed by atoms with van der Waals surface area (Å²) in [6.07, 6.45) is 4.14. The van der Waals surface area contributed by atoms with Crippen molar-refractivity contribution in [1.29, 1.82) is 0 Å². The number of methoxy groups -OCH3 is 1. The lowest BCUT2D eigenvalue weighted by atomic mass is 9.88. The third-order valence-corrected chi connectivity index (χ3v) is 10.7. The molecule has 2 aliphatic heterocycles. The van der Waals surface area contributed by atoms with Crippen LogP contribution in [0.5, 0.6) is 5.75 Å². The van der Waals surface area contributed by atoms with Gasteiger partial charge in [-0.25, -0.2) is 13.8 Å². The van der Waals surface area contributed by atoms with Crippen LogP contribution < -0.4 is 10.1 Å². The number of hydrogen-bond donors (Lipinski definition) is 1. The number of nitrogens with one attached hydrogen (secondary N) is 1. The van der Waals surface area contributed by atoms with Gasteiger partial charge in [-0.1, -0.05) is 18.7 Å². The molecule has 0 radical (unpaired) electrons. The Hall–Kier alpha value is -4.94. The van der Waals surface area contributed by atoms with E-state index in [0.717, 1.165) is 58.1 Å². The summed E-state index contributed by atoms with van der Waals surface area (Å²) in [5.41, 5.74) is 8.31. The number of carbonyl (C=O) groups excluding carboxylic acids is 2. The minimum atomic E-state index is -0.756.